The van der Waals surface area contributed by atoms with Crippen LogP contribution in [0.1, 0.15) is 56.1 Å². The van der Waals surface area contributed by atoms with Crippen molar-refractivity contribution >= 4 is 11.6 Å². The molecule has 2 rings (SSSR count). The smallest absolute Gasteiger partial charge is 0.0342 e. The molecule has 1 aliphatic rings. The van der Waals surface area contributed by atoms with Gasteiger partial charge >= 0.3 is 0 Å². The maximum atomic E-state index is 6.14. The number of benzene rings is 1. The van der Waals surface area contributed by atoms with E-state index in [2.05, 4.69) is 38.1 Å². The van der Waals surface area contributed by atoms with Crippen LogP contribution in [0.3, 0.4) is 0 Å². The van der Waals surface area contributed by atoms with E-state index in [0.29, 0.717) is 17.2 Å². The molecule has 1 aliphatic carbocycles. The van der Waals surface area contributed by atoms with Crippen LogP contribution in [0.5, 0.6) is 0 Å². The van der Waals surface area contributed by atoms with Gasteiger partial charge in [-0.25, -0.2) is 0 Å². The first-order valence-corrected chi connectivity index (χ1v) is 6.34. The molecule has 1 aromatic rings. The first-order valence-electron chi connectivity index (χ1n) is 5.90. The average molecular weight is 223 g/mol. The van der Waals surface area contributed by atoms with Crippen molar-refractivity contribution in [1.82, 2.24) is 0 Å². The zero-order valence-corrected chi connectivity index (χ0v) is 10.3. The highest BCUT2D eigenvalue weighted by Gasteiger charge is 2.23. The first kappa shape index (κ1) is 11.0. The van der Waals surface area contributed by atoms with Gasteiger partial charge in [-0.05, 0) is 42.2 Å². The molecule has 0 heterocycles. The van der Waals surface area contributed by atoms with E-state index in [-0.39, 0.29) is 0 Å². The molecule has 1 heteroatoms. The molecule has 1 fully saturated rings. The van der Waals surface area contributed by atoms with Crippen LogP contribution >= 0.6 is 11.6 Å². The average Bonchev–Trinajstić information content (AvgIpc) is 2.65. The second-order valence-electron chi connectivity index (χ2n) is 4.93. The summed E-state index contributed by atoms with van der Waals surface area (Å²) in [6.45, 7) is 4.47. The standard InChI is InChI=1S/C14H19Cl/c1-10(2)11-3-5-12(6-4-11)13-7-8-14(15)9-13/h3-6,10,13-14H,7-9H2,1-2H3. The monoisotopic (exact) mass is 222 g/mol. The lowest BCUT2D eigenvalue weighted by atomic mass is 9.94. The van der Waals surface area contributed by atoms with Gasteiger partial charge in [0.1, 0.15) is 0 Å². The van der Waals surface area contributed by atoms with Gasteiger partial charge in [0, 0.05) is 5.38 Å². The molecule has 0 aromatic heterocycles. The van der Waals surface area contributed by atoms with Crippen LogP contribution in [-0.2, 0) is 0 Å². The summed E-state index contributed by atoms with van der Waals surface area (Å²) in [7, 11) is 0. The van der Waals surface area contributed by atoms with E-state index < -0.39 is 0 Å². The molecule has 82 valence electrons. The first-order chi connectivity index (χ1) is 7.16. The van der Waals surface area contributed by atoms with Gasteiger partial charge < -0.3 is 0 Å². The predicted octanol–water partition coefficient (Wildman–Crippen LogP) is 4.68. The molecule has 2 unspecified atom stereocenters. The van der Waals surface area contributed by atoms with Crippen molar-refractivity contribution in [1.29, 1.82) is 0 Å². The molecule has 0 aliphatic heterocycles. The summed E-state index contributed by atoms with van der Waals surface area (Å²) in [5, 5.41) is 0.403. The second kappa shape index (κ2) is 4.57. The molecule has 0 nitrogen and oxygen atoms in total. The summed E-state index contributed by atoms with van der Waals surface area (Å²) >= 11 is 6.14. The van der Waals surface area contributed by atoms with Gasteiger partial charge in [-0.3, -0.25) is 0 Å². The van der Waals surface area contributed by atoms with E-state index in [1.807, 2.05) is 0 Å². The summed E-state index contributed by atoms with van der Waals surface area (Å²) in [5.41, 5.74) is 2.90. The van der Waals surface area contributed by atoms with Crippen molar-refractivity contribution in [2.75, 3.05) is 0 Å². The summed E-state index contributed by atoms with van der Waals surface area (Å²) < 4.78 is 0. The topological polar surface area (TPSA) is 0 Å². The molecule has 0 spiro atoms. The third kappa shape index (κ3) is 2.55. The maximum Gasteiger partial charge on any atom is 0.0342 e. The number of alkyl halides is 1. The Morgan fingerprint density at radius 1 is 1.13 bits per heavy atom. The molecule has 0 bridgehead atoms. The number of rotatable bonds is 2. The Morgan fingerprint density at radius 3 is 2.27 bits per heavy atom. The fraction of sp³-hybridized carbons (Fsp3) is 0.571. The van der Waals surface area contributed by atoms with Crippen molar-refractivity contribution in [2.24, 2.45) is 0 Å². The largest absolute Gasteiger partial charge is 0.123 e. The highest BCUT2D eigenvalue weighted by molar-refractivity contribution is 6.20. The molecule has 0 N–H and O–H groups in total. The van der Waals surface area contributed by atoms with Crippen molar-refractivity contribution in [2.45, 2.75) is 50.3 Å². The molecular formula is C14H19Cl. The van der Waals surface area contributed by atoms with Crippen LogP contribution in [0.4, 0.5) is 0 Å². The van der Waals surface area contributed by atoms with E-state index in [4.69, 9.17) is 11.6 Å². The SMILES string of the molecule is CC(C)c1ccc(C2CCC(Cl)C2)cc1. The Balaban J connectivity index is 2.10. The van der Waals surface area contributed by atoms with E-state index in [0.717, 1.165) is 6.42 Å². The fourth-order valence-corrected chi connectivity index (χ4v) is 2.72. The van der Waals surface area contributed by atoms with Gasteiger partial charge in [-0.1, -0.05) is 38.1 Å². The Hall–Kier alpha value is -0.490. The number of hydrogen-bond donors (Lipinski definition) is 0. The van der Waals surface area contributed by atoms with Crippen molar-refractivity contribution < 1.29 is 0 Å². The van der Waals surface area contributed by atoms with Crippen molar-refractivity contribution in [3.8, 4) is 0 Å². The lowest BCUT2D eigenvalue weighted by Gasteiger charge is -2.11. The quantitative estimate of drug-likeness (QED) is 0.638. The Kier molecular flexibility index (Phi) is 3.35. The lowest BCUT2D eigenvalue weighted by molar-refractivity contribution is 0.722. The van der Waals surface area contributed by atoms with E-state index in [1.165, 1.54) is 24.0 Å². The third-order valence-corrected chi connectivity index (χ3v) is 3.84. The van der Waals surface area contributed by atoms with Gasteiger partial charge in [0.2, 0.25) is 0 Å². The zero-order chi connectivity index (χ0) is 10.8. The highest BCUT2D eigenvalue weighted by atomic mass is 35.5. The molecule has 0 amide bonds. The molecule has 1 aromatic carbocycles. The second-order valence-corrected chi connectivity index (χ2v) is 5.55. The Labute approximate surface area is 97.6 Å². The van der Waals surface area contributed by atoms with Crippen LogP contribution in [0.2, 0.25) is 0 Å². The summed E-state index contributed by atoms with van der Waals surface area (Å²) in [4.78, 5) is 0. The summed E-state index contributed by atoms with van der Waals surface area (Å²) in [6.07, 6.45) is 3.59. The van der Waals surface area contributed by atoms with Crippen molar-refractivity contribution in [3.05, 3.63) is 35.4 Å². The van der Waals surface area contributed by atoms with E-state index in [1.54, 1.807) is 0 Å². The lowest BCUT2D eigenvalue weighted by Crippen LogP contribution is -1.95. The predicted molar refractivity (Wildman–Crippen MR) is 66.8 cm³/mol. The van der Waals surface area contributed by atoms with Crippen LogP contribution in [0.25, 0.3) is 0 Å². The molecule has 0 radical (unpaired) electrons. The van der Waals surface area contributed by atoms with E-state index in [9.17, 15) is 0 Å². The van der Waals surface area contributed by atoms with Gasteiger partial charge in [0.25, 0.3) is 0 Å². The van der Waals surface area contributed by atoms with Gasteiger partial charge in [-0.15, -0.1) is 11.6 Å². The normalized spacial score (nSPS) is 26.1. The van der Waals surface area contributed by atoms with Crippen molar-refractivity contribution in [3.63, 3.8) is 0 Å². The van der Waals surface area contributed by atoms with Crippen LogP contribution in [0.15, 0.2) is 24.3 Å². The van der Waals surface area contributed by atoms with Gasteiger partial charge in [-0.2, -0.15) is 0 Å². The molecule has 15 heavy (non-hydrogen) atoms. The Morgan fingerprint density at radius 2 is 1.80 bits per heavy atom. The third-order valence-electron chi connectivity index (χ3n) is 3.44. The molecule has 0 saturated heterocycles. The zero-order valence-electron chi connectivity index (χ0n) is 9.54. The fourth-order valence-electron chi connectivity index (χ4n) is 2.38. The Bertz CT molecular complexity index is 313. The van der Waals surface area contributed by atoms with Gasteiger partial charge in [0.15, 0.2) is 0 Å². The van der Waals surface area contributed by atoms with Crippen LogP contribution in [0, 0.1) is 0 Å². The summed E-state index contributed by atoms with van der Waals surface area (Å²) in [6, 6.07) is 9.10. The highest BCUT2D eigenvalue weighted by Crippen LogP contribution is 2.37. The minimum Gasteiger partial charge on any atom is -0.123 e. The summed E-state index contributed by atoms with van der Waals surface area (Å²) in [5.74, 6) is 1.33. The maximum absolute atomic E-state index is 6.14. The molecule has 1 saturated carbocycles. The van der Waals surface area contributed by atoms with Gasteiger partial charge in [0.05, 0.1) is 0 Å². The minimum absolute atomic E-state index is 0.403. The number of hydrogen-bond acceptors (Lipinski definition) is 0. The van der Waals surface area contributed by atoms with Crippen LogP contribution in [-0.4, -0.2) is 5.38 Å². The number of halogens is 1. The molecular weight excluding hydrogens is 204 g/mol. The van der Waals surface area contributed by atoms with Crippen LogP contribution < -0.4 is 0 Å². The van der Waals surface area contributed by atoms with E-state index >= 15 is 0 Å². The minimum atomic E-state index is 0.403. The molecule has 2 atom stereocenters.